The lowest BCUT2D eigenvalue weighted by Crippen LogP contribution is -2.90. The number of aliphatic hydroxyl groups excluding tert-OH is 1. The number of phenolic OH excluding ortho intramolecular Hbond substituents is 1. The molecular weight excluding hydrogens is 939 g/mol. The molecule has 1 heterocycles. The molecule has 1 aromatic carbocycles. The van der Waals surface area contributed by atoms with Crippen LogP contribution >= 0.6 is 0 Å². The minimum Gasteiger partial charge on any atom is -0.508 e. The maximum atomic E-state index is 16.9. The van der Waals surface area contributed by atoms with Gasteiger partial charge in [0, 0.05) is 12.8 Å². The summed E-state index contributed by atoms with van der Waals surface area (Å²) in [6.45, 7) is 0.867. The van der Waals surface area contributed by atoms with Crippen LogP contribution in [0.25, 0.3) is 0 Å². The zero-order valence-corrected chi connectivity index (χ0v) is 39.3. The third-order valence-electron chi connectivity index (χ3n) is 12.9. The largest absolute Gasteiger partial charge is 0.508 e. The number of aliphatic hydroxyl groups is 1. The number of aromatic hydroxyl groups is 1. The first-order valence-electron chi connectivity index (χ1n) is 22.2. The van der Waals surface area contributed by atoms with Crippen LogP contribution < -0.4 is 68.4 Å². The number of primary amides is 2. The number of amides is 2. The number of rotatable bonds is 32. The standard InChI is InChI=1S/C43H67N13O15/c1-3-18(2)30(51)37(69)40(31(63)21(44)10-12-27(49)59,42(54,38(70)71)34(66)25(48)17-57)41(32(64)22(45)11-13-28(50)60,33(65)23(46)15-19-6-8-20(58)9-7-19)43(56-39(52)53,35(67)24(47)16-29(61)62)36(68)26-5-4-14-55-26/h6-9,18,21-26,30,55,57-58H,3-5,10-17,44-48,51,54H2,1-2H3,(H2,49,59)(H2,50,60)(H,61,62)(H,70,71)(H4,52,53,56). The number of carbonyl (C=O) groups is 11. The molecule has 1 aromatic rings. The van der Waals surface area contributed by atoms with E-state index < -0.39 is 192 Å². The summed E-state index contributed by atoms with van der Waals surface area (Å²) in [7, 11) is 0. The summed E-state index contributed by atoms with van der Waals surface area (Å²) in [5, 5.41) is 44.9. The van der Waals surface area contributed by atoms with E-state index in [9.17, 15) is 39.6 Å². The van der Waals surface area contributed by atoms with Crippen molar-refractivity contribution >= 4 is 70.2 Å². The van der Waals surface area contributed by atoms with Crippen molar-refractivity contribution in [3.63, 3.8) is 0 Å². The van der Waals surface area contributed by atoms with Gasteiger partial charge in [0.05, 0.1) is 55.3 Å². The first-order chi connectivity index (χ1) is 32.9. The lowest BCUT2D eigenvalue weighted by atomic mass is 9.37. The number of nitrogens with zero attached hydrogens (tertiary/aromatic N) is 1. The maximum Gasteiger partial charge on any atom is 0.333 e. The highest BCUT2D eigenvalue weighted by molar-refractivity contribution is 6.37. The number of nitrogens with one attached hydrogen (secondary N) is 1. The second kappa shape index (κ2) is 24.6. The number of hydrogen-bond acceptors (Lipinski definition) is 22. The van der Waals surface area contributed by atoms with Gasteiger partial charge in [-0.1, -0.05) is 32.4 Å². The topological polar surface area (TPSA) is 579 Å². The summed E-state index contributed by atoms with van der Waals surface area (Å²) in [4.78, 5) is 170. The molecule has 28 nitrogen and oxygen atoms in total. The van der Waals surface area contributed by atoms with Gasteiger partial charge >= 0.3 is 11.9 Å². The van der Waals surface area contributed by atoms with Crippen molar-refractivity contribution < 1.29 is 73.2 Å². The Kier molecular flexibility index (Phi) is 21.0. The molecule has 0 saturated carbocycles. The van der Waals surface area contributed by atoms with Crippen LogP contribution in [0.4, 0.5) is 0 Å². The molecule has 2 rings (SSSR count). The van der Waals surface area contributed by atoms with E-state index in [2.05, 4.69) is 10.3 Å². The molecule has 28 heteroatoms. The van der Waals surface area contributed by atoms with Crippen molar-refractivity contribution in [1.29, 1.82) is 0 Å². The highest BCUT2D eigenvalue weighted by Gasteiger charge is 2.89. The van der Waals surface area contributed by atoms with E-state index in [0.29, 0.717) is 0 Å². The van der Waals surface area contributed by atoms with Crippen molar-refractivity contribution in [3.05, 3.63) is 29.8 Å². The molecule has 1 aliphatic heterocycles. The Morgan fingerprint density at radius 1 is 0.704 bits per heavy atom. The number of nitrogens with two attached hydrogens (primary N) is 11. The summed E-state index contributed by atoms with van der Waals surface area (Å²) >= 11 is 0. The van der Waals surface area contributed by atoms with E-state index in [1.807, 2.05) is 0 Å². The average molecular weight is 1010 g/mol. The Morgan fingerprint density at radius 3 is 1.61 bits per heavy atom. The molecule has 71 heavy (non-hydrogen) atoms. The van der Waals surface area contributed by atoms with Gasteiger partial charge in [0.15, 0.2) is 57.4 Å². The number of hydrogen-bond donors (Lipinski definition) is 16. The number of ketones is 7. The van der Waals surface area contributed by atoms with Crippen LogP contribution in [0.2, 0.25) is 0 Å². The van der Waals surface area contributed by atoms with Crippen LogP contribution in [0.5, 0.6) is 5.75 Å². The second-order valence-electron chi connectivity index (χ2n) is 17.7. The number of benzene rings is 1. The molecule has 1 saturated heterocycles. The summed E-state index contributed by atoms with van der Waals surface area (Å²) in [5.41, 5.74) is 49.2. The van der Waals surface area contributed by atoms with E-state index in [1.165, 1.54) is 13.8 Å². The van der Waals surface area contributed by atoms with Crippen LogP contribution in [-0.2, 0) is 59.2 Å². The Balaban J connectivity index is 4.20. The highest BCUT2D eigenvalue weighted by Crippen LogP contribution is 2.61. The zero-order chi connectivity index (χ0) is 54.7. The van der Waals surface area contributed by atoms with Crippen molar-refractivity contribution in [1.82, 2.24) is 5.32 Å². The van der Waals surface area contributed by atoms with Gasteiger partial charge in [0.1, 0.15) is 11.2 Å². The third kappa shape index (κ3) is 11.5. The predicted octanol–water partition coefficient (Wildman–Crippen LogP) is -7.55. The van der Waals surface area contributed by atoms with E-state index in [4.69, 9.17) is 63.1 Å². The fraction of sp³-hybridized carbons (Fsp3) is 0.581. The van der Waals surface area contributed by atoms with Crippen LogP contribution in [0, 0.1) is 16.7 Å². The number of carboxylic acid groups (broad SMARTS) is 2. The summed E-state index contributed by atoms with van der Waals surface area (Å²) in [6, 6.07) is -13.4. The van der Waals surface area contributed by atoms with Gasteiger partial charge in [-0.15, -0.1) is 0 Å². The second-order valence-corrected chi connectivity index (χ2v) is 17.7. The predicted molar refractivity (Wildman–Crippen MR) is 249 cm³/mol. The van der Waals surface area contributed by atoms with Gasteiger partial charge in [0.25, 0.3) is 0 Å². The first-order valence-corrected chi connectivity index (χ1v) is 22.2. The fourth-order valence-corrected chi connectivity index (χ4v) is 9.14. The van der Waals surface area contributed by atoms with E-state index in [-0.39, 0.29) is 30.7 Å². The van der Waals surface area contributed by atoms with E-state index in [1.54, 1.807) is 0 Å². The zero-order valence-electron chi connectivity index (χ0n) is 39.3. The van der Waals surface area contributed by atoms with Gasteiger partial charge in [-0.05, 0) is 62.3 Å². The first kappa shape index (κ1) is 60.6. The minimum atomic E-state index is -4.98. The Bertz CT molecular complexity index is 2270. The lowest BCUT2D eigenvalue weighted by Gasteiger charge is -2.60. The Hall–Kier alpha value is -6.50. The van der Waals surface area contributed by atoms with Crippen molar-refractivity contribution in [2.45, 2.75) is 125 Å². The smallest absolute Gasteiger partial charge is 0.333 e. The summed E-state index contributed by atoms with van der Waals surface area (Å²) in [6.07, 6.45) is -7.25. The average Bonchev–Trinajstić information content (AvgIpc) is 3.86. The van der Waals surface area contributed by atoms with Crippen LogP contribution in [-0.4, -0.2) is 157 Å². The molecule has 0 aliphatic carbocycles. The Morgan fingerprint density at radius 2 is 1.20 bits per heavy atom. The minimum absolute atomic E-state index is 0.0107. The van der Waals surface area contributed by atoms with Gasteiger partial charge in [-0.3, -0.25) is 47.9 Å². The highest BCUT2D eigenvalue weighted by atomic mass is 16.4. The fourth-order valence-electron chi connectivity index (χ4n) is 9.14. The van der Waals surface area contributed by atoms with Crippen molar-refractivity contribution in [2.24, 2.45) is 84.8 Å². The van der Waals surface area contributed by atoms with Gasteiger partial charge in [0.2, 0.25) is 17.4 Å². The number of Topliss-reactive ketones (excluding diaryl/α,β-unsaturated/α-hetero) is 7. The molecular formula is C43H67N13O15. The molecule has 27 N–H and O–H groups in total. The SMILES string of the molecule is CCC(C)C(N)C(=O)C(C(=O)C(N)CCC(N)=O)(C(N)(C(=O)O)C(=O)C(N)CO)C(C(=O)C(N)CCC(N)=O)(C(=O)C(N)Cc1ccc(O)cc1)C(N=C(N)N)(C(=O)C(N)CC(=O)O)C(=O)C1CCCN1. The molecule has 12 unspecified atom stereocenters. The normalized spacial score (nSPS) is 20.0. The molecule has 0 aromatic heterocycles. The molecule has 2 amide bonds. The number of carboxylic acids is 2. The third-order valence-corrected chi connectivity index (χ3v) is 12.9. The number of guanidine groups is 1. The van der Waals surface area contributed by atoms with Crippen molar-refractivity contribution in [3.8, 4) is 5.75 Å². The van der Waals surface area contributed by atoms with Gasteiger partial charge in [-0.25, -0.2) is 9.79 Å². The number of phenols is 1. The van der Waals surface area contributed by atoms with Gasteiger partial charge < -0.3 is 88.8 Å². The monoisotopic (exact) mass is 1010 g/mol. The maximum absolute atomic E-state index is 16.9. The number of aliphatic carboxylic acids is 2. The van der Waals surface area contributed by atoms with Crippen LogP contribution in [0.15, 0.2) is 29.3 Å². The van der Waals surface area contributed by atoms with Crippen LogP contribution in [0.3, 0.4) is 0 Å². The molecule has 394 valence electrons. The number of carbonyl (C=O) groups excluding carboxylic acids is 9. The molecule has 0 radical (unpaired) electrons. The van der Waals surface area contributed by atoms with Gasteiger partial charge in [-0.2, -0.15) is 0 Å². The molecule has 1 fully saturated rings. The molecule has 12 atom stereocenters. The quantitative estimate of drug-likeness (QED) is 0.0181. The summed E-state index contributed by atoms with van der Waals surface area (Å²) in [5.74, 6) is -26.3. The lowest BCUT2D eigenvalue weighted by molar-refractivity contribution is -0.192. The molecule has 0 bridgehead atoms. The number of aliphatic imine (C=N–C) groups is 1. The Labute approximate surface area is 406 Å². The molecule has 1 aliphatic rings. The molecule has 0 spiro atoms. The van der Waals surface area contributed by atoms with Crippen molar-refractivity contribution in [2.75, 3.05) is 13.2 Å². The summed E-state index contributed by atoms with van der Waals surface area (Å²) < 4.78 is 0. The van der Waals surface area contributed by atoms with Crippen LogP contribution in [0.1, 0.15) is 70.8 Å². The van der Waals surface area contributed by atoms with E-state index in [0.717, 1.165) is 24.3 Å². The van der Waals surface area contributed by atoms with E-state index >= 15 is 33.6 Å².